The topological polar surface area (TPSA) is 130 Å². The molecule has 0 unspecified atom stereocenters. The summed E-state index contributed by atoms with van der Waals surface area (Å²) in [6.45, 7) is 5.71. The van der Waals surface area contributed by atoms with Gasteiger partial charge in [0.2, 0.25) is 0 Å². The summed E-state index contributed by atoms with van der Waals surface area (Å²) in [5.41, 5.74) is 1.42. The maximum atomic E-state index is 9.20. The van der Waals surface area contributed by atoms with Crippen LogP contribution in [0.15, 0.2) is 30.3 Å². The minimum Gasteiger partial charge on any atom is -0.736 e. The number of benzene rings is 1. The Labute approximate surface area is 180 Å². The van der Waals surface area contributed by atoms with Crippen molar-refractivity contribution in [2.75, 3.05) is 26.2 Å². The quantitative estimate of drug-likeness (QED) is 0.310. The van der Waals surface area contributed by atoms with Crippen molar-refractivity contribution in [2.24, 2.45) is 0 Å². The fraction of sp³-hybridized carbons (Fsp3) is 0.455. The number of nitrogens with one attached hydrogen (secondary N) is 1. The van der Waals surface area contributed by atoms with E-state index in [0.717, 1.165) is 19.6 Å². The van der Waals surface area contributed by atoms with Gasteiger partial charge in [0.05, 0.1) is 0 Å². The molecule has 1 fully saturated rings. The smallest absolute Gasteiger partial charge is 0.736 e. The molecular weight excluding hydrogens is 366 g/mol. The van der Waals surface area contributed by atoms with Gasteiger partial charge in [0.1, 0.15) is 0 Å². The second kappa shape index (κ2) is 12.3. The summed E-state index contributed by atoms with van der Waals surface area (Å²) >= 11 is 0. The minimum absolute atomic E-state index is 0. The van der Waals surface area contributed by atoms with Crippen molar-refractivity contribution in [2.45, 2.75) is 6.54 Å². The van der Waals surface area contributed by atoms with Gasteiger partial charge < -0.3 is 14.4 Å². The van der Waals surface area contributed by atoms with Crippen molar-refractivity contribution in [1.29, 1.82) is 0 Å². The molecule has 1 aliphatic heterocycles. The third-order valence-electron chi connectivity index (χ3n) is 2.71. The zero-order chi connectivity index (χ0) is 15.9. The Morgan fingerprint density at radius 2 is 1.35 bits per heavy atom. The summed E-state index contributed by atoms with van der Waals surface area (Å²) in [6, 6.07) is 10.7. The fourth-order valence-corrected chi connectivity index (χ4v) is 1.71. The van der Waals surface area contributed by atoms with E-state index in [9.17, 15) is 25.9 Å². The maximum absolute atomic E-state index is 9.20. The van der Waals surface area contributed by atoms with Crippen molar-refractivity contribution < 1.29 is 85.1 Å². The Morgan fingerprint density at radius 1 is 0.913 bits per heavy atom. The normalized spacial score (nSPS) is 15.4. The number of piperazine rings is 1. The molecule has 0 atom stereocenters. The van der Waals surface area contributed by atoms with E-state index >= 15 is 0 Å². The molecule has 23 heavy (non-hydrogen) atoms. The molecule has 1 aliphatic rings. The zero-order valence-corrected chi connectivity index (χ0v) is 18.8. The van der Waals surface area contributed by atoms with Crippen molar-refractivity contribution in [1.82, 2.24) is 10.2 Å². The van der Waals surface area contributed by atoms with Gasteiger partial charge in [-0.1, -0.05) is 30.3 Å². The first kappa shape index (κ1) is 26.2. The van der Waals surface area contributed by atoms with Gasteiger partial charge in [-0.2, -0.15) is 0 Å². The molecule has 12 heteroatoms. The van der Waals surface area contributed by atoms with E-state index in [2.05, 4.69) is 40.5 Å². The van der Waals surface area contributed by atoms with Crippen LogP contribution in [-0.4, -0.2) is 57.0 Å². The van der Waals surface area contributed by atoms with Crippen LogP contribution in [-0.2, 0) is 24.8 Å². The standard InChI is InChI=1S/C11H16N2.2Na.H2O6S2/c1-2-4-11(5-3-1)10-13-8-6-12-7-9-13;;;1-7(2,3)8(4,5)6/h1-5,12H,6-10H2;;;(H,1,2,3)(H,4,5,6)/q;2*+1;/p-2. The molecule has 2 rings (SSSR count). The van der Waals surface area contributed by atoms with Crippen molar-refractivity contribution in [3.8, 4) is 0 Å². The third kappa shape index (κ3) is 11.2. The van der Waals surface area contributed by atoms with Crippen LogP contribution in [0.5, 0.6) is 0 Å². The second-order valence-corrected chi connectivity index (χ2v) is 8.41. The van der Waals surface area contributed by atoms with Gasteiger partial charge in [0.15, 0.2) is 18.3 Å². The van der Waals surface area contributed by atoms with Crippen molar-refractivity contribution >= 4 is 18.3 Å². The Hall–Kier alpha value is 0.960. The summed E-state index contributed by atoms with van der Waals surface area (Å²) in [7, 11) is -11.3. The first-order valence-electron chi connectivity index (χ1n) is 6.09. The van der Waals surface area contributed by atoms with Gasteiger partial charge in [-0.15, -0.1) is 0 Å². The molecule has 0 amide bonds. The summed E-state index contributed by atoms with van der Waals surface area (Å²) in [6.07, 6.45) is 0. The first-order chi connectivity index (χ1) is 9.70. The van der Waals surface area contributed by atoms with Gasteiger partial charge in [-0.05, 0) is 5.56 Å². The molecule has 1 aromatic carbocycles. The molecule has 8 nitrogen and oxygen atoms in total. The molecule has 0 bridgehead atoms. The summed E-state index contributed by atoms with van der Waals surface area (Å²) in [4.78, 5) is 2.49. The number of nitrogens with zero attached hydrogens (tertiary/aromatic N) is 1. The molecule has 0 spiro atoms. The molecule has 0 aromatic heterocycles. The second-order valence-electron chi connectivity index (χ2n) is 4.33. The van der Waals surface area contributed by atoms with E-state index in [-0.39, 0.29) is 59.1 Å². The molecule has 1 aromatic rings. The number of hydrogen-bond acceptors (Lipinski definition) is 8. The Kier molecular flexibility index (Phi) is 14.0. The predicted octanol–water partition coefficient (Wildman–Crippen LogP) is -6.91. The van der Waals surface area contributed by atoms with E-state index in [0.29, 0.717) is 0 Å². The molecule has 1 saturated heterocycles. The summed E-state index contributed by atoms with van der Waals surface area (Å²) in [5, 5.41) is 3.36. The van der Waals surface area contributed by atoms with Crippen LogP contribution in [0.25, 0.3) is 0 Å². The average Bonchev–Trinajstić information content (AvgIpc) is 2.39. The largest absolute Gasteiger partial charge is 1.00 e. The van der Waals surface area contributed by atoms with E-state index in [1.807, 2.05) is 0 Å². The zero-order valence-electron chi connectivity index (χ0n) is 13.1. The molecule has 0 radical (unpaired) electrons. The first-order valence-corrected chi connectivity index (χ1v) is 9.42. The molecule has 1 N–H and O–H groups in total. The Morgan fingerprint density at radius 3 is 1.74 bits per heavy atom. The monoisotopic (exact) mass is 382 g/mol. The molecule has 0 saturated carbocycles. The number of hydrogen-bond donors (Lipinski definition) is 1. The van der Waals surface area contributed by atoms with Crippen LogP contribution in [0.3, 0.4) is 0 Å². The predicted molar refractivity (Wildman–Crippen MR) is 74.0 cm³/mol. The van der Waals surface area contributed by atoms with Gasteiger partial charge in [-0.25, -0.2) is 16.8 Å². The van der Waals surface area contributed by atoms with Crippen LogP contribution in [0.1, 0.15) is 5.56 Å². The molecular formula is C11H16N2Na2O6S2. The van der Waals surface area contributed by atoms with Crippen LogP contribution in [0, 0.1) is 0 Å². The Bertz CT molecular complexity index is 604. The summed E-state index contributed by atoms with van der Waals surface area (Å²) < 4.78 is 55.2. The van der Waals surface area contributed by atoms with Gasteiger partial charge in [-0.3, -0.25) is 4.90 Å². The van der Waals surface area contributed by atoms with Crippen LogP contribution in [0.4, 0.5) is 0 Å². The van der Waals surface area contributed by atoms with E-state index in [4.69, 9.17) is 0 Å². The Balaban J connectivity index is 0. The van der Waals surface area contributed by atoms with Gasteiger partial charge >= 0.3 is 59.1 Å². The van der Waals surface area contributed by atoms with E-state index < -0.39 is 18.3 Å². The van der Waals surface area contributed by atoms with E-state index in [1.54, 1.807) is 0 Å². The van der Waals surface area contributed by atoms with Crippen LogP contribution in [0.2, 0.25) is 0 Å². The van der Waals surface area contributed by atoms with Crippen molar-refractivity contribution in [3.63, 3.8) is 0 Å². The molecule has 1 heterocycles. The number of rotatable bonds is 3. The maximum Gasteiger partial charge on any atom is 1.00 e. The van der Waals surface area contributed by atoms with Crippen LogP contribution >= 0.6 is 0 Å². The van der Waals surface area contributed by atoms with Crippen molar-refractivity contribution in [3.05, 3.63) is 35.9 Å². The fourth-order valence-electron chi connectivity index (χ4n) is 1.71. The summed E-state index contributed by atoms with van der Waals surface area (Å²) in [5.74, 6) is 0. The van der Waals surface area contributed by atoms with Crippen LogP contribution < -0.4 is 64.4 Å². The average molecular weight is 382 g/mol. The molecule has 0 aliphatic carbocycles. The SMILES string of the molecule is O=S(=O)([O-])S(=O)(=O)[O-].[Na+].[Na+].c1ccc(CN2CCNCC2)cc1. The van der Waals surface area contributed by atoms with Gasteiger partial charge in [0, 0.05) is 32.7 Å². The minimum atomic E-state index is -5.67. The van der Waals surface area contributed by atoms with Gasteiger partial charge in [0.25, 0.3) is 0 Å². The van der Waals surface area contributed by atoms with E-state index in [1.165, 1.54) is 18.7 Å². The third-order valence-corrected chi connectivity index (χ3v) is 4.71. The molecule has 120 valence electrons.